The number of hydrogen-bond donors (Lipinski definition) is 0. The SMILES string of the molecule is C[SiH](C)C(C)(C)COCc1c(F)cccc1Br. The van der Waals surface area contributed by atoms with Crippen molar-refractivity contribution in [2.45, 2.75) is 38.6 Å². The van der Waals surface area contributed by atoms with E-state index in [2.05, 4.69) is 42.9 Å². The van der Waals surface area contributed by atoms with Crippen LogP contribution < -0.4 is 0 Å². The van der Waals surface area contributed by atoms with E-state index >= 15 is 0 Å². The minimum atomic E-state index is -0.760. The summed E-state index contributed by atoms with van der Waals surface area (Å²) in [6.07, 6.45) is 0. The van der Waals surface area contributed by atoms with Crippen LogP contribution in [-0.2, 0) is 11.3 Å². The van der Waals surface area contributed by atoms with E-state index in [9.17, 15) is 4.39 Å². The molecular weight excluding hydrogens is 299 g/mol. The monoisotopic (exact) mass is 318 g/mol. The minimum absolute atomic E-state index is 0.209. The fourth-order valence-corrected chi connectivity index (χ4v) is 2.16. The first kappa shape index (κ1) is 14.9. The first-order valence-electron chi connectivity index (χ1n) is 5.85. The summed E-state index contributed by atoms with van der Waals surface area (Å²) >= 11 is 3.35. The van der Waals surface area contributed by atoms with Gasteiger partial charge >= 0.3 is 0 Å². The summed E-state index contributed by atoms with van der Waals surface area (Å²) in [5.74, 6) is -0.209. The maximum absolute atomic E-state index is 13.5. The average Bonchev–Trinajstić information content (AvgIpc) is 2.22. The zero-order chi connectivity index (χ0) is 13.1. The van der Waals surface area contributed by atoms with E-state index in [0.717, 1.165) is 4.47 Å². The summed E-state index contributed by atoms with van der Waals surface area (Å²) < 4.78 is 20.0. The highest BCUT2D eigenvalue weighted by molar-refractivity contribution is 9.10. The van der Waals surface area contributed by atoms with Gasteiger partial charge in [-0.2, -0.15) is 0 Å². The molecule has 0 radical (unpaired) electrons. The van der Waals surface area contributed by atoms with Crippen LogP contribution in [0, 0.1) is 5.82 Å². The van der Waals surface area contributed by atoms with Gasteiger partial charge in [-0.15, -0.1) is 0 Å². The summed E-state index contributed by atoms with van der Waals surface area (Å²) in [6, 6.07) is 4.99. The Balaban J connectivity index is 2.57. The second-order valence-electron chi connectivity index (χ2n) is 5.34. The number of ether oxygens (including phenoxy) is 1. The highest BCUT2D eigenvalue weighted by Crippen LogP contribution is 2.29. The van der Waals surface area contributed by atoms with Gasteiger partial charge in [0.25, 0.3) is 0 Å². The third-order valence-electron chi connectivity index (χ3n) is 3.35. The highest BCUT2D eigenvalue weighted by atomic mass is 79.9. The molecule has 0 saturated heterocycles. The molecule has 0 aromatic heterocycles. The van der Waals surface area contributed by atoms with Gasteiger partial charge in [0, 0.05) is 25.4 Å². The van der Waals surface area contributed by atoms with Crippen LogP contribution in [0.3, 0.4) is 0 Å². The lowest BCUT2D eigenvalue weighted by Crippen LogP contribution is -2.26. The molecule has 0 aliphatic carbocycles. The van der Waals surface area contributed by atoms with Crippen LogP contribution in [0.15, 0.2) is 22.7 Å². The quantitative estimate of drug-likeness (QED) is 0.732. The lowest BCUT2D eigenvalue weighted by atomic mass is 10.2. The molecule has 1 nitrogen and oxygen atoms in total. The minimum Gasteiger partial charge on any atom is -0.376 e. The van der Waals surface area contributed by atoms with E-state index in [4.69, 9.17) is 4.74 Å². The lowest BCUT2D eigenvalue weighted by Gasteiger charge is -2.28. The van der Waals surface area contributed by atoms with Crippen molar-refractivity contribution in [3.05, 3.63) is 34.1 Å². The molecule has 0 unspecified atom stereocenters. The van der Waals surface area contributed by atoms with Gasteiger partial charge in [0.05, 0.1) is 6.61 Å². The van der Waals surface area contributed by atoms with Crippen molar-refractivity contribution >= 4 is 24.7 Å². The molecule has 0 atom stereocenters. The molecule has 0 spiro atoms. The number of rotatable bonds is 5. The Morgan fingerprint density at radius 3 is 2.53 bits per heavy atom. The molecule has 0 aliphatic heterocycles. The molecule has 0 amide bonds. The van der Waals surface area contributed by atoms with Crippen molar-refractivity contribution in [3.8, 4) is 0 Å². The van der Waals surface area contributed by atoms with Gasteiger partial charge in [-0.25, -0.2) is 4.39 Å². The topological polar surface area (TPSA) is 9.23 Å². The summed E-state index contributed by atoms with van der Waals surface area (Å²) in [5.41, 5.74) is 0.605. The molecule has 0 saturated carbocycles. The Hall–Kier alpha value is -0.193. The van der Waals surface area contributed by atoms with Crippen LogP contribution in [-0.4, -0.2) is 15.4 Å². The Kier molecular flexibility index (Phi) is 5.35. The van der Waals surface area contributed by atoms with Crippen molar-refractivity contribution in [1.29, 1.82) is 0 Å². The maximum Gasteiger partial charge on any atom is 0.129 e. The van der Waals surface area contributed by atoms with E-state index in [1.807, 2.05) is 6.07 Å². The summed E-state index contributed by atoms with van der Waals surface area (Å²) in [7, 11) is -0.760. The second kappa shape index (κ2) is 6.11. The molecule has 17 heavy (non-hydrogen) atoms. The van der Waals surface area contributed by atoms with E-state index in [0.29, 0.717) is 18.8 Å². The highest BCUT2D eigenvalue weighted by Gasteiger charge is 2.23. The lowest BCUT2D eigenvalue weighted by molar-refractivity contribution is 0.0981. The first-order valence-corrected chi connectivity index (χ1v) is 9.53. The predicted molar refractivity (Wildman–Crippen MR) is 76.7 cm³/mol. The number of halogens is 2. The van der Waals surface area contributed by atoms with Gasteiger partial charge in [-0.3, -0.25) is 0 Å². The molecule has 1 aromatic carbocycles. The van der Waals surface area contributed by atoms with Gasteiger partial charge < -0.3 is 4.74 Å². The van der Waals surface area contributed by atoms with E-state index in [-0.39, 0.29) is 10.9 Å². The molecule has 96 valence electrons. The standard InChI is InChI=1S/C13H20BrFOSi/c1-13(2,17(3)4)9-16-8-10-11(14)6-5-7-12(10)15/h5-7,17H,8-9H2,1-4H3. The Bertz CT molecular complexity index is 359. The van der Waals surface area contributed by atoms with Crippen LogP contribution in [0.4, 0.5) is 4.39 Å². The van der Waals surface area contributed by atoms with Crippen molar-refractivity contribution < 1.29 is 9.13 Å². The third-order valence-corrected chi connectivity index (χ3v) is 7.38. The first-order chi connectivity index (χ1) is 7.84. The van der Waals surface area contributed by atoms with Gasteiger partial charge in [0.15, 0.2) is 0 Å². The fraction of sp³-hybridized carbons (Fsp3) is 0.538. The van der Waals surface area contributed by atoms with Gasteiger partial charge in [-0.1, -0.05) is 48.9 Å². The van der Waals surface area contributed by atoms with Gasteiger partial charge in [0.2, 0.25) is 0 Å². The average molecular weight is 319 g/mol. The van der Waals surface area contributed by atoms with Crippen molar-refractivity contribution in [2.24, 2.45) is 0 Å². The number of benzene rings is 1. The van der Waals surface area contributed by atoms with Crippen LogP contribution in [0.1, 0.15) is 19.4 Å². The normalized spacial score (nSPS) is 12.2. The summed E-state index contributed by atoms with van der Waals surface area (Å²) in [5, 5.41) is 0.248. The smallest absolute Gasteiger partial charge is 0.129 e. The van der Waals surface area contributed by atoms with Crippen LogP contribution in [0.25, 0.3) is 0 Å². The van der Waals surface area contributed by atoms with Crippen LogP contribution in [0.5, 0.6) is 0 Å². The van der Waals surface area contributed by atoms with E-state index in [1.165, 1.54) is 6.07 Å². The molecule has 0 aliphatic rings. The van der Waals surface area contributed by atoms with Crippen molar-refractivity contribution in [2.75, 3.05) is 6.61 Å². The number of hydrogen-bond acceptors (Lipinski definition) is 1. The Morgan fingerprint density at radius 1 is 1.35 bits per heavy atom. The summed E-state index contributed by atoms with van der Waals surface area (Å²) in [4.78, 5) is 0. The molecule has 1 aromatic rings. The summed E-state index contributed by atoms with van der Waals surface area (Å²) in [6.45, 7) is 10.1. The Morgan fingerprint density at radius 2 is 2.00 bits per heavy atom. The fourth-order valence-electron chi connectivity index (χ4n) is 1.25. The van der Waals surface area contributed by atoms with Gasteiger partial charge in [-0.05, 0) is 17.2 Å². The molecular formula is C13H20BrFOSi. The molecule has 0 heterocycles. The van der Waals surface area contributed by atoms with E-state index in [1.54, 1.807) is 6.07 Å². The zero-order valence-electron chi connectivity index (χ0n) is 10.9. The zero-order valence-corrected chi connectivity index (χ0v) is 13.6. The van der Waals surface area contributed by atoms with Crippen LogP contribution >= 0.6 is 15.9 Å². The molecule has 0 N–H and O–H groups in total. The van der Waals surface area contributed by atoms with Gasteiger partial charge in [0.1, 0.15) is 5.82 Å². The molecule has 0 fully saturated rings. The maximum atomic E-state index is 13.5. The van der Waals surface area contributed by atoms with Crippen molar-refractivity contribution in [1.82, 2.24) is 0 Å². The second-order valence-corrected chi connectivity index (χ2v) is 10.1. The van der Waals surface area contributed by atoms with Crippen LogP contribution in [0.2, 0.25) is 18.1 Å². The van der Waals surface area contributed by atoms with E-state index < -0.39 is 8.80 Å². The van der Waals surface area contributed by atoms with Crippen molar-refractivity contribution in [3.63, 3.8) is 0 Å². The molecule has 0 bridgehead atoms. The predicted octanol–water partition coefficient (Wildman–Crippen LogP) is 4.37. The molecule has 4 heteroatoms. The third kappa shape index (κ3) is 4.19. The Labute approximate surface area is 113 Å². The molecule has 1 rings (SSSR count). The largest absolute Gasteiger partial charge is 0.376 e.